The first-order valence-electron chi connectivity index (χ1n) is 4.94. The van der Waals surface area contributed by atoms with Crippen molar-refractivity contribution < 1.29 is 4.79 Å². The van der Waals surface area contributed by atoms with E-state index < -0.39 is 0 Å². The van der Waals surface area contributed by atoms with Crippen LogP contribution in [0.25, 0.3) is 0 Å². The molecule has 15 heavy (non-hydrogen) atoms. The summed E-state index contributed by atoms with van der Waals surface area (Å²) in [7, 11) is 0. The van der Waals surface area contributed by atoms with Gasteiger partial charge in [-0.1, -0.05) is 46.3 Å². The molecule has 1 rings (SSSR count). The predicted molar refractivity (Wildman–Crippen MR) is 66.2 cm³/mol. The lowest BCUT2D eigenvalue weighted by atomic mass is 10.1. The molecule has 0 radical (unpaired) electrons. The highest BCUT2D eigenvalue weighted by Gasteiger charge is 2.18. The van der Waals surface area contributed by atoms with Crippen molar-refractivity contribution in [2.75, 3.05) is 5.33 Å². The van der Waals surface area contributed by atoms with Crippen LogP contribution in [0.15, 0.2) is 30.3 Å². The minimum Gasteiger partial charge on any atom is -0.350 e. The van der Waals surface area contributed by atoms with E-state index in [0.717, 1.165) is 10.9 Å². The smallest absolute Gasteiger partial charge is 0.224 e. The molecule has 82 valence electrons. The topological polar surface area (TPSA) is 29.1 Å². The number of rotatable bonds is 4. The van der Waals surface area contributed by atoms with Crippen molar-refractivity contribution in [2.45, 2.75) is 25.8 Å². The van der Waals surface area contributed by atoms with Gasteiger partial charge in [-0.05, 0) is 19.4 Å². The Labute approximate surface area is 99.2 Å². The summed E-state index contributed by atoms with van der Waals surface area (Å²) in [6.07, 6.45) is 0.442. The van der Waals surface area contributed by atoms with Gasteiger partial charge >= 0.3 is 0 Å². The van der Waals surface area contributed by atoms with Gasteiger partial charge in [0.05, 0.1) is 6.42 Å². The van der Waals surface area contributed by atoms with Gasteiger partial charge in [0.25, 0.3) is 0 Å². The van der Waals surface area contributed by atoms with Gasteiger partial charge in [0.1, 0.15) is 0 Å². The van der Waals surface area contributed by atoms with Crippen molar-refractivity contribution in [3.05, 3.63) is 35.9 Å². The average Bonchev–Trinajstić information content (AvgIpc) is 2.18. The SMILES string of the molecule is CC(C)(CBr)NC(=O)Cc1ccccc1. The summed E-state index contributed by atoms with van der Waals surface area (Å²) in [6.45, 7) is 3.98. The molecule has 0 bridgehead atoms. The Hall–Kier alpha value is -0.830. The molecule has 1 N–H and O–H groups in total. The maximum absolute atomic E-state index is 11.7. The molecule has 0 fully saturated rings. The lowest BCUT2D eigenvalue weighted by molar-refractivity contribution is -0.121. The van der Waals surface area contributed by atoms with E-state index in [4.69, 9.17) is 0 Å². The van der Waals surface area contributed by atoms with Gasteiger partial charge in [-0.15, -0.1) is 0 Å². The maximum atomic E-state index is 11.7. The molecule has 0 spiro atoms. The van der Waals surface area contributed by atoms with Crippen molar-refractivity contribution in [1.82, 2.24) is 5.32 Å². The first kappa shape index (κ1) is 12.2. The second kappa shape index (κ2) is 5.31. The molecule has 0 saturated heterocycles. The Morgan fingerprint density at radius 2 is 1.93 bits per heavy atom. The number of nitrogens with one attached hydrogen (secondary N) is 1. The molecule has 0 heterocycles. The Morgan fingerprint density at radius 3 is 2.47 bits per heavy atom. The number of hydrogen-bond donors (Lipinski definition) is 1. The quantitative estimate of drug-likeness (QED) is 0.837. The van der Waals surface area contributed by atoms with Crippen LogP contribution in [0.5, 0.6) is 0 Å². The van der Waals surface area contributed by atoms with Crippen LogP contribution in [0.4, 0.5) is 0 Å². The number of hydrogen-bond acceptors (Lipinski definition) is 1. The van der Waals surface area contributed by atoms with Crippen LogP contribution in [-0.2, 0) is 11.2 Å². The molecular weight excluding hydrogens is 254 g/mol. The molecule has 0 aliphatic heterocycles. The first-order valence-corrected chi connectivity index (χ1v) is 6.06. The summed E-state index contributed by atoms with van der Waals surface area (Å²) in [6, 6.07) is 9.75. The minimum absolute atomic E-state index is 0.0608. The zero-order chi connectivity index (χ0) is 11.3. The van der Waals surface area contributed by atoms with Gasteiger partial charge in [0, 0.05) is 10.9 Å². The summed E-state index contributed by atoms with van der Waals surface area (Å²) >= 11 is 3.37. The predicted octanol–water partition coefficient (Wildman–Crippen LogP) is 2.52. The van der Waals surface area contributed by atoms with Crippen molar-refractivity contribution in [2.24, 2.45) is 0 Å². The van der Waals surface area contributed by atoms with E-state index in [-0.39, 0.29) is 11.4 Å². The van der Waals surface area contributed by atoms with Gasteiger partial charge in [-0.25, -0.2) is 0 Å². The molecule has 3 heteroatoms. The Kier molecular flexibility index (Phi) is 4.33. The fraction of sp³-hybridized carbons (Fsp3) is 0.417. The number of carbonyl (C=O) groups excluding carboxylic acids is 1. The Morgan fingerprint density at radius 1 is 1.33 bits per heavy atom. The van der Waals surface area contributed by atoms with Gasteiger partial charge in [0.15, 0.2) is 0 Å². The van der Waals surface area contributed by atoms with Crippen LogP contribution in [0.3, 0.4) is 0 Å². The van der Waals surface area contributed by atoms with E-state index in [1.165, 1.54) is 0 Å². The summed E-state index contributed by atoms with van der Waals surface area (Å²) in [5, 5.41) is 3.72. The van der Waals surface area contributed by atoms with Crippen LogP contribution >= 0.6 is 15.9 Å². The second-order valence-corrected chi connectivity index (χ2v) is 4.79. The van der Waals surface area contributed by atoms with Gasteiger partial charge in [-0.3, -0.25) is 4.79 Å². The second-order valence-electron chi connectivity index (χ2n) is 4.23. The fourth-order valence-corrected chi connectivity index (χ4v) is 1.38. The largest absolute Gasteiger partial charge is 0.350 e. The highest BCUT2D eigenvalue weighted by atomic mass is 79.9. The standard InChI is InChI=1S/C12H16BrNO/c1-12(2,9-13)14-11(15)8-10-6-4-3-5-7-10/h3-7H,8-9H2,1-2H3,(H,14,15). The van der Waals surface area contributed by atoms with Crippen molar-refractivity contribution >= 4 is 21.8 Å². The van der Waals surface area contributed by atoms with Gasteiger partial charge in [0.2, 0.25) is 5.91 Å². The molecule has 1 aromatic carbocycles. The molecule has 0 unspecified atom stereocenters. The lowest BCUT2D eigenvalue weighted by Gasteiger charge is -2.23. The van der Waals surface area contributed by atoms with E-state index in [0.29, 0.717) is 6.42 Å². The van der Waals surface area contributed by atoms with Crippen LogP contribution < -0.4 is 5.32 Å². The molecule has 0 saturated carbocycles. The summed E-state index contributed by atoms with van der Waals surface area (Å²) in [4.78, 5) is 11.7. The average molecular weight is 270 g/mol. The molecule has 0 atom stereocenters. The van der Waals surface area contributed by atoms with Crippen molar-refractivity contribution in [3.8, 4) is 0 Å². The third-order valence-corrected chi connectivity index (χ3v) is 3.42. The first-order chi connectivity index (χ1) is 7.03. The highest BCUT2D eigenvalue weighted by Crippen LogP contribution is 2.07. The summed E-state index contributed by atoms with van der Waals surface area (Å²) in [5.74, 6) is 0.0608. The van der Waals surface area contributed by atoms with Crippen LogP contribution in [0, 0.1) is 0 Å². The van der Waals surface area contributed by atoms with Crippen molar-refractivity contribution in [3.63, 3.8) is 0 Å². The lowest BCUT2D eigenvalue weighted by Crippen LogP contribution is -2.45. The van der Waals surface area contributed by atoms with E-state index in [1.807, 2.05) is 44.2 Å². The van der Waals surface area contributed by atoms with Gasteiger partial charge < -0.3 is 5.32 Å². The molecule has 1 amide bonds. The monoisotopic (exact) mass is 269 g/mol. The molecule has 0 aliphatic carbocycles. The van der Waals surface area contributed by atoms with E-state index in [9.17, 15) is 4.79 Å². The highest BCUT2D eigenvalue weighted by molar-refractivity contribution is 9.09. The van der Waals surface area contributed by atoms with Crippen LogP contribution in [-0.4, -0.2) is 16.8 Å². The third-order valence-electron chi connectivity index (χ3n) is 2.02. The van der Waals surface area contributed by atoms with E-state index >= 15 is 0 Å². The maximum Gasteiger partial charge on any atom is 0.224 e. The molecule has 0 aliphatic rings. The van der Waals surface area contributed by atoms with Crippen LogP contribution in [0.2, 0.25) is 0 Å². The number of benzene rings is 1. The minimum atomic E-state index is -0.189. The third kappa shape index (κ3) is 4.47. The van der Waals surface area contributed by atoms with E-state index in [1.54, 1.807) is 0 Å². The Bertz CT molecular complexity index is 322. The normalized spacial score (nSPS) is 11.1. The number of alkyl halides is 1. The summed E-state index contributed by atoms with van der Waals surface area (Å²) < 4.78 is 0. The zero-order valence-corrected chi connectivity index (χ0v) is 10.7. The van der Waals surface area contributed by atoms with Gasteiger partial charge in [-0.2, -0.15) is 0 Å². The summed E-state index contributed by atoms with van der Waals surface area (Å²) in [5.41, 5.74) is 0.853. The molecule has 2 nitrogen and oxygen atoms in total. The number of halogens is 1. The Balaban J connectivity index is 2.51. The van der Waals surface area contributed by atoms with E-state index in [2.05, 4.69) is 21.2 Å². The molecule has 0 aromatic heterocycles. The number of amides is 1. The molecule has 1 aromatic rings. The van der Waals surface area contributed by atoms with Crippen LogP contribution in [0.1, 0.15) is 19.4 Å². The molecular formula is C12H16BrNO. The van der Waals surface area contributed by atoms with Crippen molar-refractivity contribution in [1.29, 1.82) is 0 Å². The fourth-order valence-electron chi connectivity index (χ4n) is 1.24. The zero-order valence-electron chi connectivity index (χ0n) is 9.09. The number of carbonyl (C=O) groups is 1.